The fourth-order valence-corrected chi connectivity index (χ4v) is 2.28. The first kappa shape index (κ1) is 16.3. The van der Waals surface area contributed by atoms with E-state index in [1.54, 1.807) is 31.2 Å². The van der Waals surface area contributed by atoms with Crippen molar-refractivity contribution in [3.63, 3.8) is 0 Å². The van der Waals surface area contributed by atoms with E-state index in [1.807, 2.05) is 0 Å². The Bertz CT molecular complexity index is 691. The van der Waals surface area contributed by atoms with Gasteiger partial charge in [-0.1, -0.05) is 0 Å². The highest BCUT2D eigenvalue weighted by molar-refractivity contribution is 9.10. The number of carbonyl (C=O) groups excluding carboxylic acids is 1. The third-order valence-electron chi connectivity index (χ3n) is 2.91. The largest absolute Gasteiger partial charge is 0.497 e. The molecule has 0 bridgehead atoms. The molecule has 0 heterocycles. The van der Waals surface area contributed by atoms with Crippen molar-refractivity contribution < 1.29 is 18.7 Å². The summed E-state index contributed by atoms with van der Waals surface area (Å²) in [5, 5.41) is 2.64. The quantitative estimate of drug-likeness (QED) is 0.859. The van der Waals surface area contributed by atoms with Crippen LogP contribution >= 0.6 is 15.9 Å². The van der Waals surface area contributed by atoms with Crippen LogP contribution in [0.4, 0.5) is 10.1 Å². The summed E-state index contributed by atoms with van der Waals surface area (Å²) in [6, 6.07) is 9.33. The molecule has 0 radical (unpaired) electrons. The lowest BCUT2D eigenvalue weighted by Gasteiger charge is -2.10. The minimum absolute atomic E-state index is 0.156. The predicted molar refractivity (Wildman–Crippen MR) is 86.2 cm³/mol. The van der Waals surface area contributed by atoms with Gasteiger partial charge in [-0.3, -0.25) is 4.79 Å². The highest BCUT2D eigenvalue weighted by atomic mass is 79.9. The first-order valence-electron chi connectivity index (χ1n) is 6.62. The second kappa shape index (κ2) is 7.26. The number of anilines is 1. The highest BCUT2D eigenvalue weighted by Crippen LogP contribution is 2.25. The van der Waals surface area contributed by atoms with Gasteiger partial charge in [0.25, 0.3) is 5.91 Å². The number of amides is 1. The lowest BCUT2D eigenvalue weighted by Crippen LogP contribution is -2.13. The van der Waals surface area contributed by atoms with Gasteiger partial charge in [0.2, 0.25) is 0 Å². The zero-order valence-electron chi connectivity index (χ0n) is 12.2. The van der Waals surface area contributed by atoms with Gasteiger partial charge in [-0.2, -0.15) is 0 Å². The van der Waals surface area contributed by atoms with Gasteiger partial charge in [-0.15, -0.1) is 0 Å². The Labute approximate surface area is 136 Å². The summed E-state index contributed by atoms with van der Waals surface area (Å²) in [6.07, 6.45) is 0. The minimum atomic E-state index is -0.524. The summed E-state index contributed by atoms with van der Waals surface area (Å²) in [7, 11) is 1.52. The Morgan fingerprint density at radius 1 is 1.27 bits per heavy atom. The van der Waals surface area contributed by atoms with Gasteiger partial charge in [0.05, 0.1) is 19.3 Å². The molecule has 0 unspecified atom stereocenters. The van der Waals surface area contributed by atoms with E-state index >= 15 is 0 Å². The van der Waals surface area contributed by atoms with Crippen molar-refractivity contribution in [3.05, 3.63) is 52.3 Å². The van der Waals surface area contributed by atoms with Gasteiger partial charge in [-0.05, 0) is 53.2 Å². The fourth-order valence-electron chi connectivity index (χ4n) is 1.85. The number of halogens is 2. The molecule has 0 fully saturated rings. The third kappa shape index (κ3) is 3.76. The highest BCUT2D eigenvalue weighted by Gasteiger charge is 2.13. The number of rotatable bonds is 5. The molecule has 0 spiro atoms. The molecule has 2 aromatic carbocycles. The van der Waals surface area contributed by atoms with E-state index < -0.39 is 5.82 Å². The predicted octanol–water partition coefficient (Wildman–Crippen LogP) is 4.25. The Morgan fingerprint density at radius 3 is 2.68 bits per heavy atom. The number of carbonyl (C=O) groups is 1. The number of nitrogens with one attached hydrogen (secondary N) is 1. The van der Waals surface area contributed by atoms with E-state index in [9.17, 15) is 9.18 Å². The SMILES string of the molecule is CCOc1ccc(NC(=O)c2cc(OC)ccc2Br)cc1F. The van der Waals surface area contributed by atoms with Gasteiger partial charge < -0.3 is 14.8 Å². The van der Waals surface area contributed by atoms with Crippen LogP contribution in [0.2, 0.25) is 0 Å². The van der Waals surface area contributed by atoms with Crippen molar-refractivity contribution in [3.8, 4) is 11.5 Å². The average molecular weight is 368 g/mol. The normalized spacial score (nSPS) is 10.2. The van der Waals surface area contributed by atoms with E-state index in [1.165, 1.54) is 19.2 Å². The molecule has 0 aliphatic heterocycles. The van der Waals surface area contributed by atoms with Crippen LogP contribution in [0, 0.1) is 5.82 Å². The molecule has 1 amide bonds. The number of ether oxygens (including phenoxy) is 2. The molecule has 0 atom stereocenters. The van der Waals surface area contributed by atoms with Crippen LogP contribution in [0.3, 0.4) is 0 Å². The van der Waals surface area contributed by atoms with Crippen LogP contribution in [-0.4, -0.2) is 19.6 Å². The molecule has 4 nitrogen and oxygen atoms in total. The molecule has 2 aromatic rings. The van der Waals surface area contributed by atoms with Gasteiger partial charge in [0.15, 0.2) is 11.6 Å². The Balaban J connectivity index is 2.20. The molecule has 2 rings (SSSR count). The molecule has 0 aliphatic rings. The zero-order valence-corrected chi connectivity index (χ0v) is 13.7. The van der Waals surface area contributed by atoms with E-state index in [-0.39, 0.29) is 11.7 Å². The van der Waals surface area contributed by atoms with Gasteiger partial charge in [-0.25, -0.2) is 4.39 Å². The molecule has 0 saturated carbocycles. The Morgan fingerprint density at radius 2 is 2.05 bits per heavy atom. The molecule has 0 saturated heterocycles. The van der Waals surface area contributed by atoms with Crippen molar-refractivity contribution >= 4 is 27.5 Å². The van der Waals surface area contributed by atoms with Gasteiger partial charge in [0.1, 0.15) is 5.75 Å². The van der Waals surface area contributed by atoms with E-state index in [2.05, 4.69) is 21.2 Å². The van der Waals surface area contributed by atoms with E-state index in [0.717, 1.165) is 0 Å². The van der Waals surface area contributed by atoms with Crippen molar-refractivity contribution in [2.75, 3.05) is 19.0 Å². The topological polar surface area (TPSA) is 47.6 Å². The number of benzene rings is 2. The molecule has 6 heteroatoms. The van der Waals surface area contributed by atoms with Crippen LogP contribution in [-0.2, 0) is 0 Å². The molecular formula is C16H15BrFNO3. The first-order valence-corrected chi connectivity index (χ1v) is 7.41. The monoisotopic (exact) mass is 367 g/mol. The lowest BCUT2D eigenvalue weighted by molar-refractivity contribution is 0.102. The van der Waals surface area contributed by atoms with Crippen molar-refractivity contribution in [2.45, 2.75) is 6.92 Å². The molecule has 0 aromatic heterocycles. The number of hydrogen-bond acceptors (Lipinski definition) is 3. The van der Waals surface area contributed by atoms with Crippen LogP contribution in [0.15, 0.2) is 40.9 Å². The zero-order chi connectivity index (χ0) is 16.1. The molecule has 116 valence electrons. The maximum Gasteiger partial charge on any atom is 0.256 e. The Kier molecular flexibility index (Phi) is 5.38. The number of methoxy groups -OCH3 is 1. The van der Waals surface area contributed by atoms with Gasteiger partial charge >= 0.3 is 0 Å². The lowest BCUT2D eigenvalue weighted by atomic mass is 10.2. The third-order valence-corrected chi connectivity index (χ3v) is 3.60. The maximum absolute atomic E-state index is 13.8. The van der Waals surface area contributed by atoms with Crippen molar-refractivity contribution in [2.24, 2.45) is 0 Å². The van der Waals surface area contributed by atoms with Crippen LogP contribution in [0.5, 0.6) is 11.5 Å². The summed E-state index contributed by atoms with van der Waals surface area (Å²) in [6.45, 7) is 2.15. The van der Waals surface area contributed by atoms with Gasteiger partial charge in [0, 0.05) is 16.2 Å². The maximum atomic E-state index is 13.8. The molecule has 22 heavy (non-hydrogen) atoms. The van der Waals surface area contributed by atoms with Crippen LogP contribution < -0.4 is 14.8 Å². The standard InChI is InChI=1S/C16H15BrFNO3/c1-3-22-15-7-4-10(8-14(15)18)19-16(20)12-9-11(21-2)5-6-13(12)17/h4-9H,3H2,1-2H3,(H,19,20). The summed E-state index contributed by atoms with van der Waals surface area (Å²) in [5.74, 6) is -0.173. The summed E-state index contributed by atoms with van der Waals surface area (Å²) in [4.78, 5) is 12.3. The molecule has 1 N–H and O–H groups in total. The van der Waals surface area contributed by atoms with Crippen molar-refractivity contribution in [1.82, 2.24) is 0 Å². The van der Waals surface area contributed by atoms with Crippen molar-refractivity contribution in [1.29, 1.82) is 0 Å². The van der Waals surface area contributed by atoms with E-state index in [0.29, 0.717) is 28.1 Å². The average Bonchev–Trinajstić information content (AvgIpc) is 2.50. The van der Waals surface area contributed by atoms with Crippen LogP contribution in [0.1, 0.15) is 17.3 Å². The Hall–Kier alpha value is -2.08. The molecular weight excluding hydrogens is 353 g/mol. The minimum Gasteiger partial charge on any atom is -0.497 e. The second-order valence-corrected chi connectivity index (χ2v) is 5.23. The fraction of sp³-hybridized carbons (Fsp3) is 0.188. The smallest absolute Gasteiger partial charge is 0.256 e. The summed E-state index contributed by atoms with van der Waals surface area (Å²) < 4.78 is 24.6. The summed E-state index contributed by atoms with van der Waals surface area (Å²) >= 11 is 3.31. The van der Waals surface area contributed by atoms with Crippen LogP contribution in [0.25, 0.3) is 0 Å². The number of hydrogen-bond donors (Lipinski definition) is 1. The second-order valence-electron chi connectivity index (χ2n) is 4.38. The summed E-state index contributed by atoms with van der Waals surface area (Å²) in [5.41, 5.74) is 0.745. The molecule has 0 aliphatic carbocycles. The van der Waals surface area contributed by atoms with E-state index in [4.69, 9.17) is 9.47 Å². The first-order chi connectivity index (χ1) is 10.5.